The van der Waals surface area contributed by atoms with Crippen LogP contribution in [0.5, 0.6) is 28.9 Å². The van der Waals surface area contributed by atoms with Crippen molar-refractivity contribution >= 4 is 23.2 Å². The van der Waals surface area contributed by atoms with E-state index in [4.69, 9.17) is 37.4 Å². The highest BCUT2D eigenvalue weighted by Crippen LogP contribution is 2.30. The molecule has 0 radical (unpaired) electrons. The van der Waals surface area contributed by atoms with E-state index in [2.05, 4.69) is 12.0 Å². The van der Waals surface area contributed by atoms with Crippen LogP contribution in [0.1, 0.15) is 25.1 Å². The molecule has 7 heteroatoms. The third kappa shape index (κ3) is 5.25. The van der Waals surface area contributed by atoms with E-state index in [1.54, 1.807) is 35.9 Å². The molecule has 29 heavy (non-hydrogen) atoms. The van der Waals surface area contributed by atoms with E-state index >= 15 is 0 Å². The third-order valence-corrected chi connectivity index (χ3v) is 4.81. The zero-order valence-corrected chi connectivity index (χ0v) is 18.2. The second-order valence-corrected chi connectivity index (χ2v) is 7.36. The highest BCUT2D eigenvalue weighted by Gasteiger charge is 2.13. The van der Waals surface area contributed by atoms with Crippen LogP contribution >= 0.6 is 23.2 Å². The van der Waals surface area contributed by atoms with E-state index in [1.807, 2.05) is 38.2 Å². The molecule has 5 nitrogen and oxygen atoms in total. The molecule has 1 aromatic heterocycles. The van der Waals surface area contributed by atoms with Gasteiger partial charge in [0.25, 0.3) is 0 Å². The first kappa shape index (κ1) is 21.1. The molecular weight excluding hydrogens is 411 g/mol. The van der Waals surface area contributed by atoms with Crippen molar-refractivity contribution in [3.63, 3.8) is 0 Å². The topological polar surface area (TPSA) is 45.5 Å². The van der Waals surface area contributed by atoms with Gasteiger partial charge in [-0.05, 0) is 68.8 Å². The lowest BCUT2D eigenvalue weighted by molar-refractivity contribution is 0.422. The molecule has 0 spiro atoms. The Morgan fingerprint density at radius 2 is 1.38 bits per heavy atom. The Hall–Kier alpha value is -2.63. The first-order valence-corrected chi connectivity index (χ1v) is 9.91. The molecular formula is C22H22Cl2N2O3. The zero-order valence-electron chi connectivity index (χ0n) is 16.7. The highest BCUT2D eigenvalue weighted by atomic mass is 35.5. The van der Waals surface area contributed by atoms with E-state index in [0.29, 0.717) is 23.0 Å². The summed E-state index contributed by atoms with van der Waals surface area (Å²) >= 11 is 11.4. The van der Waals surface area contributed by atoms with Crippen LogP contribution in [0.2, 0.25) is 0 Å². The normalized spacial score (nSPS) is 10.6. The number of hydrogen-bond acceptors (Lipinski definition) is 4. The summed E-state index contributed by atoms with van der Waals surface area (Å²) in [6, 6.07) is 14.6. The van der Waals surface area contributed by atoms with E-state index in [0.717, 1.165) is 29.3 Å². The number of rotatable bonds is 7. The number of aromatic nitrogens is 2. The van der Waals surface area contributed by atoms with Crippen molar-refractivity contribution < 1.29 is 14.2 Å². The summed E-state index contributed by atoms with van der Waals surface area (Å²) < 4.78 is 19.3. The predicted molar refractivity (Wildman–Crippen MR) is 115 cm³/mol. The summed E-state index contributed by atoms with van der Waals surface area (Å²) in [5, 5.41) is 4.43. The van der Waals surface area contributed by atoms with Crippen molar-refractivity contribution in [2.24, 2.45) is 7.05 Å². The standard InChI is InChI=1S/C22H22Cl2N2O3/c1-5-20-14(2)25-26(4)22(20)29-19-12-10-18(11-13-19)28-17-8-6-16(7-9-17)27-15(3)21(23)24/h6-13H,5H2,1-4H3. The molecule has 3 rings (SSSR count). The predicted octanol–water partition coefficient (Wildman–Crippen LogP) is 6.92. The Morgan fingerprint density at radius 3 is 1.86 bits per heavy atom. The molecule has 0 atom stereocenters. The van der Waals surface area contributed by atoms with Gasteiger partial charge >= 0.3 is 0 Å². The van der Waals surface area contributed by atoms with Crippen molar-refractivity contribution in [2.75, 3.05) is 0 Å². The van der Waals surface area contributed by atoms with Crippen LogP contribution in [-0.2, 0) is 13.5 Å². The van der Waals surface area contributed by atoms with Crippen molar-refractivity contribution in [1.29, 1.82) is 0 Å². The summed E-state index contributed by atoms with van der Waals surface area (Å²) in [5.41, 5.74) is 2.09. The number of benzene rings is 2. The molecule has 0 aliphatic carbocycles. The summed E-state index contributed by atoms with van der Waals surface area (Å²) in [6.45, 7) is 5.77. The molecule has 0 unspecified atom stereocenters. The molecule has 0 saturated carbocycles. The van der Waals surface area contributed by atoms with Gasteiger partial charge in [0.05, 0.1) is 5.69 Å². The van der Waals surface area contributed by atoms with E-state index < -0.39 is 0 Å². The van der Waals surface area contributed by atoms with Crippen LogP contribution in [0.15, 0.2) is 58.8 Å². The van der Waals surface area contributed by atoms with Crippen molar-refractivity contribution in [2.45, 2.75) is 27.2 Å². The summed E-state index contributed by atoms with van der Waals surface area (Å²) in [5.74, 6) is 3.92. The fourth-order valence-corrected chi connectivity index (χ4v) is 2.91. The molecule has 0 amide bonds. The average molecular weight is 433 g/mol. The van der Waals surface area contributed by atoms with Gasteiger partial charge in [-0.3, -0.25) is 0 Å². The lowest BCUT2D eigenvalue weighted by Crippen LogP contribution is -1.96. The fourth-order valence-electron chi connectivity index (χ4n) is 2.83. The molecule has 152 valence electrons. The van der Waals surface area contributed by atoms with Gasteiger partial charge in [0.1, 0.15) is 33.2 Å². The molecule has 0 fully saturated rings. The van der Waals surface area contributed by atoms with Gasteiger partial charge in [-0.1, -0.05) is 30.1 Å². The molecule has 0 aliphatic heterocycles. The van der Waals surface area contributed by atoms with Gasteiger partial charge in [-0.2, -0.15) is 5.10 Å². The van der Waals surface area contributed by atoms with Crippen molar-refractivity contribution in [3.05, 3.63) is 70.0 Å². The first-order chi connectivity index (χ1) is 13.9. The SMILES string of the molecule is CCc1c(C)nn(C)c1Oc1ccc(Oc2ccc(OC(C)=C(Cl)Cl)cc2)cc1. The maximum absolute atomic E-state index is 6.03. The molecule has 0 bridgehead atoms. The van der Waals surface area contributed by atoms with Crippen LogP contribution in [0.25, 0.3) is 0 Å². The van der Waals surface area contributed by atoms with Crippen LogP contribution in [-0.4, -0.2) is 9.78 Å². The van der Waals surface area contributed by atoms with Crippen LogP contribution < -0.4 is 14.2 Å². The van der Waals surface area contributed by atoms with E-state index in [9.17, 15) is 0 Å². The van der Waals surface area contributed by atoms with Gasteiger partial charge in [0.15, 0.2) is 0 Å². The van der Waals surface area contributed by atoms with Gasteiger partial charge in [-0.25, -0.2) is 4.68 Å². The summed E-state index contributed by atoms with van der Waals surface area (Å²) in [4.78, 5) is 0. The van der Waals surface area contributed by atoms with E-state index in [-0.39, 0.29) is 4.49 Å². The number of allylic oxidation sites excluding steroid dienone is 1. The largest absolute Gasteiger partial charge is 0.460 e. The maximum atomic E-state index is 6.03. The molecule has 3 aromatic rings. The lowest BCUT2D eigenvalue weighted by atomic mass is 10.2. The maximum Gasteiger partial charge on any atom is 0.221 e. The molecule has 0 aliphatic rings. The second kappa shape index (κ2) is 9.25. The monoisotopic (exact) mass is 432 g/mol. The Morgan fingerprint density at radius 1 is 0.897 bits per heavy atom. The van der Waals surface area contributed by atoms with E-state index in [1.165, 1.54) is 0 Å². The minimum absolute atomic E-state index is 0.0972. The smallest absolute Gasteiger partial charge is 0.221 e. The Bertz CT molecular complexity index is 1010. The Balaban J connectivity index is 1.66. The van der Waals surface area contributed by atoms with Gasteiger partial charge in [0, 0.05) is 12.6 Å². The zero-order chi connectivity index (χ0) is 21.0. The number of aryl methyl sites for hydroxylation is 2. The van der Waals surface area contributed by atoms with Crippen LogP contribution in [0.4, 0.5) is 0 Å². The number of hydrogen-bond donors (Lipinski definition) is 0. The van der Waals surface area contributed by atoms with Crippen molar-refractivity contribution in [1.82, 2.24) is 9.78 Å². The first-order valence-electron chi connectivity index (χ1n) is 9.15. The van der Waals surface area contributed by atoms with Crippen LogP contribution in [0.3, 0.4) is 0 Å². The van der Waals surface area contributed by atoms with Gasteiger partial charge < -0.3 is 14.2 Å². The summed E-state index contributed by atoms with van der Waals surface area (Å²) in [6.07, 6.45) is 0.863. The lowest BCUT2D eigenvalue weighted by Gasteiger charge is -2.10. The number of ether oxygens (including phenoxy) is 3. The second-order valence-electron chi connectivity index (χ2n) is 6.41. The van der Waals surface area contributed by atoms with Crippen LogP contribution in [0, 0.1) is 6.92 Å². The quantitative estimate of drug-likeness (QED) is 0.380. The minimum atomic E-state index is 0.0972. The minimum Gasteiger partial charge on any atom is -0.460 e. The Kier molecular flexibility index (Phi) is 6.72. The fraction of sp³-hybridized carbons (Fsp3) is 0.227. The average Bonchev–Trinajstić information content (AvgIpc) is 2.97. The molecule has 2 aromatic carbocycles. The van der Waals surface area contributed by atoms with Gasteiger partial charge in [-0.15, -0.1) is 0 Å². The Labute approximate surface area is 180 Å². The summed E-state index contributed by atoms with van der Waals surface area (Å²) in [7, 11) is 1.88. The third-order valence-electron chi connectivity index (χ3n) is 4.28. The molecule has 1 heterocycles. The molecule has 0 N–H and O–H groups in total. The number of halogens is 2. The van der Waals surface area contributed by atoms with Gasteiger partial charge in [0.2, 0.25) is 5.88 Å². The molecule has 0 saturated heterocycles. The van der Waals surface area contributed by atoms with Crippen molar-refractivity contribution in [3.8, 4) is 28.9 Å². The highest BCUT2D eigenvalue weighted by molar-refractivity contribution is 6.56. The number of nitrogens with zero attached hydrogens (tertiary/aromatic N) is 2.